The van der Waals surface area contributed by atoms with Crippen LogP contribution in [-0.2, 0) is 38.5 Å². The first-order valence-corrected chi connectivity index (χ1v) is 10.8. The molecule has 1 atom stereocenters. The summed E-state index contributed by atoms with van der Waals surface area (Å²) in [7, 11) is 0. The summed E-state index contributed by atoms with van der Waals surface area (Å²) in [5.74, 6) is -0.913. The van der Waals surface area contributed by atoms with E-state index in [1.807, 2.05) is 6.07 Å². The average molecular weight is 496 g/mol. The molecule has 0 saturated heterocycles. The van der Waals surface area contributed by atoms with Gasteiger partial charge in [-0.1, -0.05) is 18.2 Å². The van der Waals surface area contributed by atoms with E-state index in [2.05, 4.69) is 16.5 Å². The van der Waals surface area contributed by atoms with Gasteiger partial charge in [0.25, 0.3) is 0 Å². The average Bonchev–Trinajstić information content (AvgIpc) is 2.77. The van der Waals surface area contributed by atoms with Crippen LogP contribution in [0.3, 0.4) is 0 Å². The Morgan fingerprint density at radius 2 is 1.97 bits per heavy atom. The number of hydrogen-bond donors (Lipinski definition) is 0. The Labute approximate surface area is 201 Å². The van der Waals surface area contributed by atoms with Crippen LogP contribution in [0.2, 0.25) is 0 Å². The maximum absolute atomic E-state index is 12.3. The van der Waals surface area contributed by atoms with Gasteiger partial charge >= 0.3 is 24.1 Å². The third-order valence-corrected chi connectivity index (χ3v) is 4.45. The zero-order chi connectivity index (χ0) is 25.8. The van der Waals surface area contributed by atoms with Gasteiger partial charge in [0.15, 0.2) is 0 Å². The van der Waals surface area contributed by atoms with Crippen molar-refractivity contribution in [1.82, 2.24) is 9.97 Å². The van der Waals surface area contributed by atoms with Crippen molar-refractivity contribution in [2.24, 2.45) is 0 Å². The molecule has 2 aromatic rings. The molecule has 190 valence electrons. The number of carbonyl (C=O) groups excluding carboxylic acids is 2. The Morgan fingerprint density at radius 1 is 1.20 bits per heavy atom. The highest BCUT2D eigenvalue weighted by Gasteiger charge is 2.27. The lowest BCUT2D eigenvalue weighted by Gasteiger charge is -2.18. The smallest absolute Gasteiger partial charge is 0.392 e. The maximum atomic E-state index is 12.3. The van der Waals surface area contributed by atoms with Crippen molar-refractivity contribution in [3.63, 3.8) is 0 Å². The molecule has 0 spiro atoms. The second kappa shape index (κ2) is 13.3. The molecular weight excluding hydrogens is 469 g/mol. The fourth-order valence-electron chi connectivity index (χ4n) is 2.97. The van der Waals surface area contributed by atoms with Crippen LogP contribution >= 0.6 is 0 Å². The molecule has 0 aliphatic carbocycles. The highest BCUT2D eigenvalue weighted by molar-refractivity contribution is 5.79. The van der Waals surface area contributed by atoms with Crippen LogP contribution < -0.4 is 9.47 Å². The molecule has 11 heteroatoms. The molecule has 0 aliphatic rings. The van der Waals surface area contributed by atoms with E-state index in [1.165, 1.54) is 19.2 Å². The molecule has 0 saturated carbocycles. The zero-order valence-corrected chi connectivity index (χ0v) is 19.5. The summed E-state index contributed by atoms with van der Waals surface area (Å²) in [6, 6.07) is 6.65. The van der Waals surface area contributed by atoms with Gasteiger partial charge in [-0.3, -0.25) is 4.79 Å². The molecule has 1 aromatic heterocycles. The van der Waals surface area contributed by atoms with E-state index < -0.39 is 37.2 Å². The number of rotatable bonds is 13. The van der Waals surface area contributed by atoms with Gasteiger partial charge in [-0.2, -0.15) is 18.2 Å². The summed E-state index contributed by atoms with van der Waals surface area (Å²) in [6.45, 7) is 6.02. The van der Waals surface area contributed by atoms with E-state index in [-0.39, 0.29) is 25.6 Å². The Bertz CT molecular complexity index is 1010. The van der Waals surface area contributed by atoms with Gasteiger partial charge in [-0.05, 0) is 36.6 Å². The molecule has 1 aromatic carbocycles. The summed E-state index contributed by atoms with van der Waals surface area (Å²) in [5.41, 5.74) is 1.85. The summed E-state index contributed by atoms with van der Waals surface area (Å²) < 4.78 is 58.0. The van der Waals surface area contributed by atoms with Crippen molar-refractivity contribution in [3.05, 3.63) is 59.9 Å². The molecule has 0 fully saturated rings. The fraction of sp³-hybridized carbons (Fsp3) is 0.417. The second-order valence-corrected chi connectivity index (χ2v) is 7.32. The monoisotopic (exact) mass is 496 g/mol. The number of esters is 2. The maximum Gasteiger partial charge on any atom is 0.392 e. The van der Waals surface area contributed by atoms with Crippen molar-refractivity contribution >= 4 is 11.9 Å². The number of ether oxygens (including phenoxy) is 4. The minimum atomic E-state index is -4.34. The van der Waals surface area contributed by atoms with Gasteiger partial charge in [0, 0.05) is 19.5 Å². The largest absolute Gasteiger partial charge is 0.487 e. The normalized spacial score (nSPS) is 11.9. The van der Waals surface area contributed by atoms with E-state index in [9.17, 15) is 22.8 Å². The molecule has 0 N–H and O–H groups in total. The van der Waals surface area contributed by atoms with Crippen LogP contribution in [0.4, 0.5) is 13.2 Å². The van der Waals surface area contributed by atoms with Gasteiger partial charge in [0.05, 0.1) is 18.7 Å². The van der Waals surface area contributed by atoms with E-state index in [4.69, 9.17) is 18.9 Å². The first-order valence-electron chi connectivity index (χ1n) is 10.8. The van der Waals surface area contributed by atoms with Crippen LogP contribution in [0.15, 0.2) is 43.1 Å². The van der Waals surface area contributed by atoms with Crippen molar-refractivity contribution in [1.29, 1.82) is 0 Å². The summed E-state index contributed by atoms with van der Waals surface area (Å²) in [5, 5.41) is 0. The molecule has 0 amide bonds. The van der Waals surface area contributed by atoms with Crippen LogP contribution in [0.5, 0.6) is 11.8 Å². The third-order valence-electron chi connectivity index (χ3n) is 4.45. The SMILES string of the molecule is C=CCc1ccc(OCc2ccnc(OCCC(F)(F)F)n2)c(CC(OC(C)=O)C(=O)OCC)c1. The van der Waals surface area contributed by atoms with Gasteiger partial charge in [0.1, 0.15) is 19.0 Å². The number of benzene rings is 1. The lowest BCUT2D eigenvalue weighted by atomic mass is 10.0. The molecule has 1 heterocycles. The molecule has 35 heavy (non-hydrogen) atoms. The van der Waals surface area contributed by atoms with Crippen LogP contribution in [-0.4, -0.2) is 47.4 Å². The van der Waals surface area contributed by atoms with Crippen LogP contribution in [0.1, 0.15) is 37.1 Å². The number of carbonyl (C=O) groups is 2. The predicted octanol–water partition coefficient (Wildman–Crippen LogP) is 4.15. The molecular formula is C24H27F3N2O6. The first-order chi connectivity index (χ1) is 16.6. The Balaban J connectivity index is 2.18. The number of alkyl halides is 3. The van der Waals surface area contributed by atoms with Gasteiger partial charge in [-0.15, -0.1) is 6.58 Å². The van der Waals surface area contributed by atoms with Gasteiger partial charge < -0.3 is 18.9 Å². The number of allylic oxidation sites excluding steroid dienone is 1. The first kappa shape index (κ1) is 27.6. The Morgan fingerprint density at radius 3 is 2.63 bits per heavy atom. The van der Waals surface area contributed by atoms with E-state index >= 15 is 0 Å². The van der Waals surface area contributed by atoms with E-state index in [1.54, 1.807) is 25.1 Å². The van der Waals surface area contributed by atoms with Crippen LogP contribution in [0.25, 0.3) is 0 Å². The number of halogens is 3. The van der Waals surface area contributed by atoms with Crippen molar-refractivity contribution in [3.8, 4) is 11.8 Å². The minimum absolute atomic E-state index is 0.00824. The zero-order valence-electron chi connectivity index (χ0n) is 19.5. The lowest BCUT2D eigenvalue weighted by molar-refractivity contribution is -0.166. The second-order valence-electron chi connectivity index (χ2n) is 7.32. The van der Waals surface area contributed by atoms with Crippen molar-refractivity contribution < 1.29 is 41.7 Å². The summed E-state index contributed by atoms with van der Waals surface area (Å²) >= 11 is 0. The van der Waals surface area contributed by atoms with Gasteiger partial charge in [-0.25, -0.2) is 9.78 Å². The number of hydrogen-bond acceptors (Lipinski definition) is 8. The highest BCUT2D eigenvalue weighted by atomic mass is 19.4. The molecule has 0 bridgehead atoms. The molecule has 0 radical (unpaired) electrons. The number of aromatic nitrogens is 2. The van der Waals surface area contributed by atoms with Crippen LogP contribution in [0, 0.1) is 0 Å². The van der Waals surface area contributed by atoms with Crippen molar-refractivity contribution in [2.45, 2.75) is 52.0 Å². The third kappa shape index (κ3) is 10.0. The minimum Gasteiger partial charge on any atom is -0.487 e. The quantitative estimate of drug-likeness (QED) is 0.301. The summed E-state index contributed by atoms with van der Waals surface area (Å²) in [4.78, 5) is 31.7. The molecule has 1 unspecified atom stereocenters. The van der Waals surface area contributed by atoms with Gasteiger partial charge in [0.2, 0.25) is 6.10 Å². The highest BCUT2D eigenvalue weighted by Crippen LogP contribution is 2.25. The standard InChI is InChI=1S/C24H27F3N2O6/c1-4-6-17-7-8-20(18(13-17)14-21(35-16(3)30)22(31)32-5-2)34-15-19-9-11-28-23(29-19)33-12-10-24(25,26)27/h4,7-9,11,13,21H,1,5-6,10,12,14-15H2,2-3H3. The molecule has 0 aliphatic heterocycles. The molecule has 2 rings (SSSR count). The Hall–Kier alpha value is -3.63. The topological polar surface area (TPSA) is 96.8 Å². The predicted molar refractivity (Wildman–Crippen MR) is 119 cm³/mol. The van der Waals surface area contributed by atoms with E-state index in [0.29, 0.717) is 23.4 Å². The summed E-state index contributed by atoms with van der Waals surface area (Å²) in [6.07, 6.45) is -3.00. The fourth-order valence-corrected chi connectivity index (χ4v) is 2.97. The van der Waals surface area contributed by atoms with E-state index in [0.717, 1.165) is 5.56 Å². The lowest BCUT2D eigenvalue weighted by Crippen LogP contribution is -2.30. The molecule has 8 nitrogen and oxygen atoms in total. The number of nitrogens with zero attached hydrogens (tertiary/aromatic N) is 2. The van der Waals surface area contributed by atoms with Crippen molar-refractivity contribution in [2.75, 3.05) is 13.2 Å². The Kier molecular flexibility index (Phi) is 10.5.